The van der Waals surface area contributed by atoms with E-state index in [1.165, 1.54) is 6.07 Å². The van der Waals surface area contributed by atoms with Gasteiger partial charge in [0.25, 0.3) is 0 Å². The molecule has 3 aromatic rings. The Labute approximate surface area is 183 Å². The highest BCUT2D eigenvalue weighted by atomic mass is 32.2. The topological polar surface area (TPSA) is 84.6 Å². The van der Waals surface area contributed by atoms with Crippen LogP contribution in [0.4, 0.5) is 0 Å². The molecule has 5 nitrogen and oxygen atoms in total. The van der Waals surface area contributed by atoms with Gasteiger partial charge in [0.1, 0.15) is 17.1 Å². The van der Waals surface area contributed by atoms with Gasteiger partial charge in [-0.1, -0.05) is 49.2 Å². The molecule has 31 heavy (non-hydrogen) atoms. The van der Waals surface area contributed by atoms with Crippen LogP contribution < -0.4 is 5.63 Å². The fourth-order valence-electron chi connectivity index (χ4n) is 3.99. The number of benzene rings is 2. The third kappa shape index (κ3) is 4.59. The molecule has 0 amide bonds. The van der Waals surface area contributed by atoms with E-state index < -0.39 is 20.9 Å². The summed E-state index contributed by atoms with van der Waals surface area (Å²) in [4.78, 5) is 13.1. The fourth-order valence-corrected chi connectivity index (χ4v) is 5.80. The number of aromatic hydroxyl groups is 1. The van der Waals surface area contributed by atoms with Crippen LogP contribution in [0.15, 0.2) is 56.6 Å². The first-order valence-electron chi connectivity index (χ1n) is 10.1. The molecule has 0 saturated carbocycles. The molecule has 0 aliphatic heterocycles. The maximum Gasteiger partial charge on any atom is 0.347 e. The number of aryl methyl sites for hydroxylation is 4. The molecular formula is C25H28O5S. The van der Waals surface area contributed by atoms with Gasteiger partial charge in [-0.05, 0) is 56.5 Å². The summed E-state index contributed by atoms with van der Waals surface area (Å²) in [5, 5.41) is 10.7. The summed E-state index contributed by atoms with van der Waals surface area (Å²) in [6.07, 6.45) is 0. The quantitative estimate of drug-likeness (QED) is 0.604. The highest BCUT2D eigenvalue weighted by Gasteiger charge is 2.33. The molecule has 0 fully saturated rings. The Hall–Kier alpha value is -2.86. The standard InChI is InChI=1S/C25H28O5S/c1-15-7-9-19(10-8-15)31(28,29)14-25(5,6)21-13-20(26)23(24(27)30-21)22-17(3)11-16(2)12-18(22)4/h7-13,26H,14H2,1-6H3. The van der Waals surface area contributed by atoms with Crippen molar-refractivity contribution in [2.45, 2.75) is 51.9 Å². The lowest BCUT2D eigenvalue weighted by Gasteiger charge is -2.24. The van der Waals surface area contributed by atoms with Crippen molar-refractivity contribution in [2.24, 2.45) is 0 Å². The molecule has 1 N–H and O–H groups in total. The molecule has 1 aromatic heterocycles. The van der Waals surface area contributed by atoms with Crippen LogP contribution in [0.3, 0.4) is 0 Å². The summed E-state index contributed by atoms with van der Waals surface area (Å²) in [5.41, 5.74) is 2.74. The lowest BCUT2D eigenvalue weighted by atomic mass is 9.90. The highest BCUT2D eigenvalue weighted by molar-refractivity contribution is 7.91. The van der Waals surface area contributed by atoms with Crippen LogP contribution in [0.25, 0.3) is 11.1 Å². The van der Waals surface area contributed by atoms with Crippen LogP contribution >= 0.6 is 0 Å². The monoisotopic (exact) mass is 440 g/mol. The minimum Gasteiger partial charge on any atom is -0.507 e. The Morgan fingerprint density at radius 2 is 1.42 bits per heavy atom. The van der Waals surface area contributed by atoms with Gasteiger partial charge < -0.3 is 9.52 Å². The fraction of sp³-hybridized carbons (Fsp3) is 0.320. The average molecular weight is 441 g/mol. The summed E-state index contributed by atoms with van der Waals surface area (Å²) >= 11 is 0. The second-order valence-corrected chi connectivity index (χ2v) is 10.9. The van der Waals surface area contributed by atoms with E-state index in [-0.39, 0.29) is 27.7 Å². The van der Waals surface area contributed by atoms with Gasteiger partial charge in [-0.3, -0.25) is 0 Å². The van der Waals surface area contributed by atoms with Crippen LogP contribution in [0.1, 0.15) is 41.9 Å². The van der Waals surface area contributed by atoms with E-state index >= 15 is 0 Å². The summed E-state index contributed by atoms with van der Waals surface area (Å²) in [6.45, 7) is 11.0. The van der Waals surface area contributed by atoms with Gasteiger partial charge in [0, 0.05) is 11.5 Å². The van der Waals surface area contributed by atoms with Gasteiger partial charge in [0.05, 0.1) is 10.6 Å². The second kappa shape index (κ2) is 8.00. The third-order valence-electron chi connectivity index (χ3n) is 5.46. The Balaban J connectivity index is 2.04. The van der Waals surface area contributed by atoms with Crippen molar-refractivity contribution >= 4 is 9.84 Å². The van der Waals surface area contributed by atoms with Crippen LogP contribution in [-0.2, 0) is 15.3 Å². The predicted octanol–water partition coefficient (Wildman–Crippen LogP) is 5.00. The van der Waals surface area contributed by atoms with E-state index in [1.807, 2.05) is 39.8 Å². The molecule has 0 bridgehead atoms. The molecule has 1 heterocycles. The summed E-state index contributed by atoms with van der Waals surface area (Å²) < 4.78 is 31.4. The first-order chi connectivity index (χ1) is 14.3. The molecular weight excluding hydrogens is 412 g/mol. The lowest BCUT2D eigenvalue weighted by molar-refractivity contribution is 0.366. The van der Waals surface area contributed by atoms with Crippen molar-refractivity contribution in [1.82, 2.24) is 0 Å². The van der Waals surface area contributed by atoms with Crippen molar-refractivity contribution in [1.29, 1.82) is 0 Å². The molecule has 0 unspecified atom stereocenters. The van der Waals surface area contributed by atoms with Crippen molar-refractivity contribution < 1.29 is 17.9 Å². The third-order valence-corrected chi connectivity index (χ3v) is 7.55. The number of hydrogen-bond acceptors (Lipinski definition) is 5. The van der Waals surface area contributed by atoms with Crippen LogP contribution in [-0.4, -0.2) is 19.3 Å². The molecule has 164 valence electrons. The second-order valence-electron chi connectivity index (χ2n) is 8.89. The van der Waals surface area contributed by atoms with Crippen molar-refractivity contribution in [3.05, 3.63) is 80.9 Å². The molecule has 3 rings (SSSR count). The SMILES string of the molecule is Cc1ccc(S(=O)(=O)CC(C)(C)c2cc(O)c(-c3c(C)cc(C)cc3C)c(=O)o2)cc1. The molecule has 0 radical (unpaired) electrons. The number of hydrogen-bond donors (Lipinski definition) is 1. The Bertz CT molecular complexity index is 1270. The molecule has 6 heteroatoms. The first-order valence-corrected chi connectivity index (χ1v) is 11.7. The van der Waals surface area contributed by atoms with Crippen molar-refractivity contribution in [3.63, 3.8) is 0 Å². The largest absolute Gasteiger partial charge is 0.507 e. The molecule has 0 atom stereocenters. The normalized spacial score (nSPS) is 12.2. The van der Waals surface area contributed by atoms with E-state index in [1.54, 1.807) is 38.1 Å². The van der Waals surface area contributed by atoms with Crippen molar-refractivity contribution in [3.8, 4) is 16.9 Å². The Morgan fingerprint density at radius 1 is 0.871 bits per heavy atom. The van der Waals surface area contributed by atoms with Gasteiger partial charge in [-0.2, -0.15) is 0 Å². The number of rotatable bonds is 5. The molecule has 0 aliphatic rings. The number of sulfone groups is 1. The van der Waals surface area contributed by atoms with Gasteiger partial charge >= 0.3 is 5.63 Å². The maximum absolute atomic E-state index is 12.9. The van der Waals surface area contributed by atoms with Gasteiger partial charge in [0.2, 0.25) is 0 Å². The van der Waals surface area contributed by atoms with E-state index in [0.29, 0.717) is 5.56 Å². The van der Waals surface area contributed by atoms with Crippen LogP contribution in [0.2, 0.25) is 0 Å². The molecule has 0 saturated heterocycles. The van der Waals surface area contributed by atoms with Gasteiger partial charge in [-0.25, -0.2) is 13.2 Å². The van der Waals surface area contributed by atoms with E-state index in [4.69, 9.17) is 4.42 Å². The Morgan fingerprint density at radius 3 is 1.94 bits per heavy atom. The van der Waals surface area contributed by atoms with Gasteiger partial charge in [-0.15, -0.1) is 0 Å². The van der Waals surface area contributed by atoms with Crippen LogP contribution in [0, 0.1) is 27.7 Å². The minimum atomic E-state index is -3.63. The highest BCUT2D eigenvalue weighted by Crippen LogP contribution is 2.36. The summed E-state index contributed by atoms with van der Waals surface area (Å²) in [5.74, 6) is -0.369. The summed E-state index contributed by atoms with van der Waals surface area (Å²) in [7, 11) is -3.63. The summed E-state index contributed by atoms with van der Waals surface area (Å²) in [6, 6.07) is 11.9. The average Bonchev–Trinajstić information content (AvgIpc) is 2.62. The lowest BCUT2D eigenvalue weighted by Crippen LogP contribution is -2.29. The zero-order chi connectivity index (χ0) is 23.1. The smallest absolute Gasteiger partial charge is 0.347 e. The minimum absolute atomic E-state index is 0.0935. The van der Waals surface area contributed by atoms with Crippen LogP contribution in [0.5, 0.6) is 5.75 Å². The zero-order valence-corrected chi connectivity index (χ0v) is 19.6. The predicted molar refractivity (Wildman–Crippen MR) is 123 cm³/mol. The van der Waals surface area contributed by atoms with Gasteiger partial charge in [0.15, 0.2) is 9.84 Å². The van der Waals surface area contributed by atoms with E-state index in [9.17, 15) is 18.3 Å². The maximum atomic E-state index is 12.9. The Kier molecular flexibility index (Phi) is 5.89. The van der Waals surface area contributed by atoms with E-state index in [0.717, 1.165) is 22.3 Å². The van der Waals surface area contributed by atoms with E-state index in [2.05, 4.69) is 0 Å². The molecule has 2 aromatic carbocycles. The zero-order valence-electron chi connectivity index (χ0n) is 18.7. The van der Waals surface area contributed by atoms with Crippen molar-refractivity contribution in [2.75, 3.05) is 5.75 Å². The first kappa shape index (κ1) is 22.8. The molecule has 0 spiro atoms. The molecule has 0 aliphatic carbocycles.